The molecule has 5 nitrogen and oxygen atoms in total. The fourth-order valence-corrected chi connectivity index (χ4v) is 1.16. The van der Waals surface area contributed by atoms with Crippen LogP contribution in [-0.4, -0.2) is 61.9 Å². The van der Waals surface area contributed by atoms with Crippen LogP contribution in [0.1, 0.15) is 13.8 Å². The van der Waals surface area contributed by atoms with E-state index in [1.807, 2.05) is 7.05 Å². The van der Waals surface area contributed by atoms with Crippen molar-refractivity contribution in [2.75, 3.05) is 40.4 Å². The van der Waals surface area contributed by atoms with Gasteiger partial charge in [-0.2, -0.15) is 0 Å². The third-order valence-electron chi connectivity index (χ3n) is 2.45. The number of hydrogen-bond acceptors (Lipinski definition) is 4. The molecule has 0 saturated carbocycles. The second kappa shape index (κ2) is 6.76. The third-order valence-corrected chi connectivity index (χ3v) is 2.45. The van der Waals surface area contributed by atoms with Crippen LogP contribution < -0.4 is 5.32 Å². The summed E-state index contributed by atoms with van der Waals surface area (Å²) in [6, 6.07) is 0. The van der Waals surface area contributed by atoms with Gasteiger partial charge >= 0.3 is 5.97 Å². The molecule has 0 fully saturated rings. The molecule has 1 unspecified atom stereocenters. The van der Waals surface area contributed by atoms with Crippen LogP contribution in [0.4, 0.5) is 0 Å². The monoisotopic (exact) mass is 218 g/mol. The van der Waals surface area contributed by atoms with E-state index in [2.05, 4.69) is 17.1 Å². The fraction of sp³-hybridized carbons (Fsp3) is 0.900. The number of methoxy groups -OCH3 is 1. The molecule has 0 rings (SSSR count). The van der Waals surface area contributed by atoms with Crippen molar-refractivity contribution in [3.8, 4) is 0 Å². The van der Waals surface area contributed by atoms with Crippen molar-refractivity contribution < 1.29 is 14.6 Å². The first-order valence-electron chi connectivity index (χ1n) is 5.12. The van der Waals surface area contributed by atoms with E-state index in [0.717, 1.165) is 13.1 Å². The van der Waals surface area contributed by atoms with Gasteiger partial charge in [-0.3, -0.25) is 10.1 Å². The summed E-state index contributed by atoms with van der Waals surface area (Å²) in [6.07, 6.45) is 0. The van der Waals surface area contributed by atoms with E-state index >= 15 is 0 Å². The minimum Gasteiger partial charge on any atom is -0.480 e. The zero-order valence-corrected chi connectivity index (χ0v) is 10.0. The predicted molar refractivity (Wildman–Crippen MR) is 59.1 cm³/mol. The zero-order chi connectivity index (χ0) is 11.9. The van der Waals surface area contributed by atoms with E-state index in [1.54, 1.807) is 6.92 Å². The second-order valence-corrected chi connectivity index (χ2v) is 3.89. The van der Waals surface area contributed by atoms with Gasteiger partial charge in [-0.25, -0.2) is 0 Å². The number of ether oxygens (including phenoxy) is 1. The standard InChI is InChI=1S/C10H22N2O3/c1-5-12(3)7-6-11-10(2,8-15-4)9(13)14/h11H,5-8H2,1-4H3,(H,13,14). The van der Waals surface area contributed by atoms with Gasteiger partial charge in [0.05, 0.1) is 6.61 Å². The number of aliphatic carboxylic acids is 1. The van der Waals surface area contributed by atoms with Crippen molar-refractivity contribution in [1.29, 1.82) is 0 Å². The Morgan fingerprint density at radius 1 is 1.60 bits per heavy atom. The summed E-state index contributed by atoms with van der Waals surface area (Å²) < 4.78 is 4.90. The Morgan fingerprint density at radius 3 is 2.60 bits per heavy atom. The summed E-state index contributed by atoms with van der Waals surface area (Å²) in [5.74, 6) is -0.886. The average molecular weight is 218 g/mol. The molecule has 90 valence electrons. The highest BCUT2D eigenvalue weighted by atomic mass is 16.5. The molecule has 0 spiro atoms. The Morgan fingerprint density at radius 2 is 2.20 bits per heavy atom. The number of hydrogen-bond donors (Lipinski definition) is 2. The largest absolute Gasteiger partial charge is 0.480 e. The van der Waals surface area contributed by atoms with Crippen LogP contribution in [-0.2, 0) is 9.53 Å². The molecule has 0 aromatic rings. The molecule has 0 amide bonds. The molecule has 5 heteroatoms. The number of nitrogens with one attached hydrogen (secondary N) is 1. The van der Waals surface area contributed by atoms with Crippen LogP contribution in [0.3, 0.4) is 0 Å². The van der Waals surface area contributed by atoms with Crippen LogP contribution >= 0.6 is 0 Å². The van der Waals surface area contributed by atoms with Crippen molar-refractivity contribution in [1.82, 2.24) is 10.2 Å². The number of carbonyl (C=O) groups is 1. The maximum Gasteiger partial charge on any atom is 0.326 e. The fourth-order valence-electron chi connectivity index (χ4n) is 1.16. The summed E-state index contributed by atoms with van der Waals surface area (Å²) >= 11 is 0. The van der Waals surface area contributed by atoms with E-state index in [4.69, 9.17) is 9.84 Å². The molecule has 1 atom stereocenters. The van der Waals surface area contributed by atoms with E-state index in [-0.39, 0.29) is 6.61 Å². The van der Waals surface area contributed by atoms with E-state index in [1.165, 1.54) is 7.11 Å². The van der Waals surface area contributed by atoms with Gasteiger partial charge in [0, 0.05) is 20.2 Å². The Labute approximate surface area is 91.4 Å². The van der Waals surface area contributed by atoms with Crippen LogP contribution in [0.25, 0.3) is 0 Å². The van der Waals surface area contributed by atoms with Gasteiger partial charge in [0.2, 0.25) is 0 Å². The summed E-state index contributed by atoms with van der Waals surface area (Å²) in [7, 11) is 3.50. The van der Waals surface area contributed by atoms with Crippen molar-refractivity contribution in [3.05, 3.63) is 0 Å². The van der Waals surface area contributed by atoms with Gasteiger partial charge in [0.25, 0.3) is 0 Å². The zero-order valence-electron chi connectivity index (χ0n) is 10.0. The number of carboxylic acids is 1. The SMILES string of the molecule is CCN(C)CCNC(C)(COC)C(=O)O. The molecule has 0 heterocycles. The number of likely N-dealkylation sites (N-methyl/N-ethyl adjacent to an activating group) is 1. The Balaban J connectivity index is 4.02. The van der Waals surface area contributed by atoms with Gasteiger partial charge in [-0.1, -0.05) is 6.92 Å². The highest BCUT2D eigenvalue weighted by Gasteiger charge is 2.32. The Hall–Kier alpha value is -0.650. The van der Waals surface area contributed by atoms with Crippen molar-refractivity contribution in [2.24, 2.45) is 0 Å². The maximum atomic E-state index is 11.0. The molecular weight excluding hydrogens is 196 g/mol. The van der Waals surface area contributed by atoms with Crippen LogP contribution in [0.5, 0.6) is 0 Å². The Kier molecular flexibility index (Phi) is 6.47. The molecular formula is C10H22N2O3. The lowest BCUT2D eigenvalue weighted by Gasteiger charge is -2.26. The van der Waals surface area contributed by atoms with Gasteiger partial charge in [-0.15, -0.1) is 0 Å². The van der Waals surface area contributed by atoms with Gasteiger partial charge in [0.1, 0.15) is 5.54 Å². The van der Waals surface area contributed by atoms with Gasteiger partial charge in [-0.05, 0) is 20.5 Å². The summed E-state index contributed by atoms with van der Waals surface area (Å²) in [5, 5.41) is 12.0. The minimum atomic E-state index is -0.997. The predicted octanol–water partition coefficient (Wildman–Crippen LogP) is 0.0174. The lowest BCUT2D eigenvalue weighted by molar-refractivity contribution is -0.146. The van der Waals surface area contributed by atoms with Crippen LogP contribution in [0.2, 0.25) is 0 Å². The first-order chi connectivity index (χ1) is 6.96. The second-order valence-electron chi connectivity index (χ2n) is 3.89. The quantitative estimate of drug-likeness (QED) is 0.601. The molecule has 2 N–H and O–H groups in total. The molecule has 0 radical (unpaired) electrons. The first-order valence-corrected chi connectivity index (χ1v) is 5.12. The highest BCUT2D eigenvalue weighted by molar-refractivity contribution is 5.78. The van der Waals surface area contributed by atoms with E-state index in [0.29, 0.717) is 6.54 Å². The van der Waals surface area contributed by atoms with E-state index in [9.17, 15) is 4.79 Å². The normalized spacial score (nSPS) is 15.3. The number of nitrogens with zero attached hydrogens (tertiary/aromatic N) is 1. The molecule has 0 aromatic carbocycles. The first kappa shape index (κ1) is 14.3. The molecule has 0 saturated heterocycles. The molecule has 0 bridgehead atoms. The number of rotatable bonds is 8. The van der Waals surface area contributed by atoms with Crippen LogP contribution in [0.15, 0.2) is 0 Å². The highest BCUT2D eigenvalue weighted by Crippen LogP contribution is 2.03. The van der Waals surface area contributed by atoms with Crippen LogP contribution in [0, 0.1) is 0 Å². The van der Waals surface area contributed by atoms with E-state index < -0.39 is 11.5 Å². The van der Waals surface area contributed by atoms with Gasteiger partial charge < -0.3 is 14.7 Å². The molecule has 0 aliphatic rings. The minimum absolute atomic E-state index is 0.165. The lowest BCUT2D eigenvalue weighted by Crippen LogP contribution is -2.54. The molecule has 15 heavy (non-hydrogen) atoms. The molecule has 0 aromatic heterocycles. The lowest BCUT2D eigenvalue weighted by atomic mass is 10.0. The molecule has 0 aliphatic heterocycles. The summed E-state index contributed by atoms with van der Waals surface area (Å²) in [5.41, 5.74) is -0.997. The average Bonchev–Trinajstić information content (AvgIpc) is 2.17. The molecule has 0 aliphatic carbocycles. The smallest absolute Gasteiger partial charge is 0.326 e. The summed E-state index contributed by atoms with van der Waals surface area (Å²) in [4.78, 5) is 13.1. The Bertz CT molecular complexity index is 199. The summed E-state index contributed by atoms with van der Waals surface area (Å²) in [6.45, 7) is 6.27. The topological polar surface area (TPSA) is 61.8 Å². The van der Waals surface area contributed by atoms with Crippen molar-refractivity contribution in [2.45, 2.75) is 19.4 Å². The van der Waals surface area contributed by atoms with Crippen molar-refractivity contribution >= 4 is 5.97 Å². The third kappa shape index (κ3) is 5.11. The van der Waals surface area contributed by atoms with Crippen molar-refractivity contribution in [3.63, 3.8) is 0 Å². The number of carboxylic acid groups (broad SMARTS) is 1. The van der Waals surface area contributed by atoms with Gasteiger partial charge in [0.15, 0.2) is 0 Å². The maximum absolute atomic E-state index is 11.0.